The number of nitrogens with one attached hydrogen (secondary N) is 1. The van der Waals surface area contributed by atoms with E-state index in [2.05, 4.69) is 25.4 Å². The van der Waals surface area contributed by atoms with Gasteiger partial charge in [0, 0.05) is 0 Å². The van der Waals surface area contributed by atoms with Gasteiger partial charge >= 0.3 is 0 Å². The zero-order valence-corrected chi connectivity index (χ0v) is 15.1. The molecule has 0 aromatic carbocycles. The van der Waals surface area contributed by atoms with Crippen molar-refractivity contribution in [2.75, 3.05) is 7.05 Å². The van der Waals surface area contributed by atoms with Crippen molar-refractivity contribution in [1.29, 1.82) is 0 Å². The lowest BCUT2D eigenvalue weighted by Gasteiger charge is -2.10. The maximum Gasteiger partial charge on any atom is 0.146 e. The molecule has 1 atom stereocenters. The van der Waals surface area contributed by atoms with E-state index in [4.69, 9.17) is 0 Å². The Morgan fingerprint density at radius 3 is 1.75 bits per heavy atom. The van der Waals surface area contributed by atoms with E-state index in [9.17, 15) is 4.79 Å². The quantitative estimate of drug-likeness (QED) is 0.468. The fourth-order valence-corrected chi connectivity index (χ4v) is 1.22. The number of unbranched alkanes of at least 4 members (excludes halogenated alkanes) is 2. The van der Waals surface area contributed by atoms with Gasteiger partial charge in [-0.15, -0.1) is 13.2 Å². The molecular formula is C18H39NO. The Morgan fingerprint density at radius 1 is 1.10 bits per heavy atom. The van der Waals surface area contributed by atoms with Crippen LogP contribution >= 0.6 is 0 Å². The van der Waals surface area contributed by atoms with E-state index in [1.165, 1.54) is 6.42 Å². The monoisotopic (exact) mass is 285 g/mol. The molecule has 0 aliphatic heterocycles. The summed E-state index contributed by atoms with van der Waals surface area (Å²) < 4.78 is 0. The van der Waals surface area contributed by atoms with E-state index < -0.39 is 0 Å². The molecule has 0 aliphatic carbocycles. The fraction of sp³-hybridized carbons (Fsp3) is 0.722. The summed E-state index contributed by atoms with van der Waals surface area (Å²) in [5, 5.41) is 2.98. The number of likely N-dealkylation sites (N-methyl/N-ethyl adjacent to an activating group) is 1. The molecule has 0 saturated carbocycles. The van der Waals surface area contributed by atoms with Gasteiger partial charge in [0.25, 0.3) is 0 Å². The molecule has 0 radical (unpaired) electrons. The van der Waals surface area contributed by atoms with Crippen LogP contribution in [0.5, 0.6) is 0 Å². The first-order valence-electron chi connectivity index (χ1n) is 8.03. The second kappa shape index (κ2) is 30.8. The molecule has 0 bridgehead atoms. The van der Waals surface area contributed by atoms with Crippen LogP contribution in [0.3, 0.4) is 0 Å². The Kier molecular flexibility index (Phi) is 42.3. The van der Waals surface area contributed by atoms with Crippen molar-refractivity contribution in [3.05, 3.63) is 25.3 Å². The lowest BCUT2D eigenvalue weighted by atomic mass is 10.1. The van der Waals surface area contributed by atoms with Crippen LogP contribution in [0.1, 0.15) is 73.6 Å². The summed E-state index contributed by atoms with van der Waals surface area (Å²) in [5.41, 5.74) is 0. The van der Waals surface area contributed by atoms with Crippen molar-refractivity contribution < 1.29 is 4.79 Å². The van der Waals surface area contributed by atoms with Crippen molar-refractivity contribution >= 4 is 5.78 Å². The van der Waals surface area contributed by atoms with Gasteiger partial charge in [0.05, 0.1) is 6.04 Å². The van der Waals surface area contributed by atoms with Crippen LogP contribution in [0, 0.1) is 0 Å². The molecule has 0 aromatic heterocycles. The Balaban J connectivity index is -0.000000119. The van der Waals surface area contributed by atoms with E-state index in [0.717, 1.165) is 25.7 Å². The van der Waals surface area contributed by atoms with Crippen LogP contribution < -0.4 is 5.32 Å². The molecule has 0 aromatic rings. The molecule has 0 saturated heterocycles. The fourth-order valence-electron chi connectivity index (χ4n) is 1.22. The Hall–Kier alpha value is -0.890. The minimum absolute atomic E-state index is 0.0370. The summed E-state index contributed by atoms with van der Waals surface area (Å²) >= 11 is 0. The highest BCUT2D eigenvalue weighted by Gasteiger charge is 2.09. The lowest BCUT2D eigenvalue weighted by molar-refractivity contribution is -0.119. The SMILES string of the molecule is C=CCCC.C=CCCCC(NC)C(C)=O.CC.CC. The van der Waals surface area contributed by atoms with Crippen LogP contribution in [0.25, 0.3) is 0 Å². The average Bonchev–Trinajstić information content (AvgIpc) is 2.49. The summed E-state index contributed by atoms with van der Waals surface area (Å²) in [6.07, 6.45) is 9.13. The first kappa shape index (κ1) is 27.5. The Labute approximate surface area is 128 Å². The van der Waals surface area contributed by atoms with E-state index in [-0.39, 0.29) is 11.8 Å². The van der Waals surface area contributed by atoms with Crippen LogP contribution in [0.15, 0.2) is 25.3 Å². The Morgan fingerprint density at radius 2 is 1.55 bits per heavy atom. The van der Waals surface area contributed by atoms with E-state index >= 15 is 0 Å². The molecule has 0 fully saturated rings. The van der Waals surface area contributed by atoms with Gasteiger partial charge in [-0.1, -0.05) is 53.2 Å². The molecule has 0 aliphatic rings. The smallest absolute Gasteiger partial charge is 0.146 e. The number of carbonyl (C=O) groups is 1. The number of allylic oxidation sites excluding steroid dienone is 2. The summed E-state index contributed by atoms with van der Waals surface area (Å²) in [6, 6.07) is 0.0370. The van der Waals surface area contributed by atoms with Gasteiger partial charge in [-0.05, 0) is 39.7 Å². The molecule has 0 spiro atoms. The second-order valence-corrected chi connectivity index (χ2v) is 3.75. The number of carbonyl (C=O) groups excluding carboxylic acids is 1. The normalized spacial score (nSPS) is 9.35. The van der Waals surface area contributed by atoms with Crippen LogP contribution in [-0.4, -0.2) is 18.9 Å². The molecular weight excluding hydrogens is 246 g/mol. The first-order valence-corrected chi connectivity index (χ1v) is 8.03. The van der Waals surface area contributed by atoms with Crippen molar-refractivity contribution in [3.8, 4) is 0 Å². The zero-order valence-electron chi connectivity index (χ0n) is 15.1. The summed E-state index contributed by atoms with van der Waals surface area (Å²) in [5.74, 6) is 0.219. The molecule has 1 N–H and O–H groups in total. The van der Waals surface area contributed by atoms with Gasteiger partial charge in [0.2, 0.25) is 0 Å². The third-order valence-electron chi connectivity index (χ3n) is 2.23. The van der Waals surface area contributed by atoms with Gasteiger partial charge in [0.15, 0.2) is 0 Å². The molecule has 0 rings (SSSR count). The molecule has 0 heterocycles. The summed E-state index contributed by atoms with van der Waals surface area (Å²) in [7, 11) is 1.82. The minimum Gasteiger partial charge on any atom is -0.311 e. The largest absolute Gasteiger partial charge is 0.311 e. The molecule has 20 heavy (non-hydrogen) atoms. The number of hydrogen-bond acceptors (Lipinski definition) is 2. The highest BCUT2D eigenvalue weighted by atomic mass is 16.1. The average molecular weight is 286 g/mol. The second-order valence-electron chi connectivity index (χ2n) is 3.75. The maximum absolute atomic E-state index is 10.9. The first-order chi connectivity index (χ1) is 9.63. The van der Waals surface area contributed by atoms with Crippen LogP contribution in [0.2, 0.25) is 0 Å². The van der Waals surface area contributed by atoms with Gasteiger partial charge in [-0.25, -0.2) is 0 Å². The molecule has 122 valence electrons. The standard InChI is InChI=1S/C9H17NO.C5H10.2C2H6/c1-4-5-6-7-9(10-3)8(2)11;1-3-5-4-2;2*1-2/h4,9-10H,1,5-7H2,2-3H3;3H,1,4-5H2,2H3;2*1-2H3. The summed E-state index contributed by atoms with van der Waals surface area (Å²) in [4.78, 5) is 10.9. The molecule has 1 unspecified atom stereocenters. The molecule has 0 amide bonds. The van der Waals surface area contributed by atoms with E-state index in [1.807, 2.05) is 46.9 Å². The molecule has 2 heteroatoms. The van der Waals surface area contributed by atoms with Crippen LogP contribution in [-0.2, 0) is 4.79 Å². The predicted molar refractivity (Wildman–Crippen MR) is 95.4 cm³/mol. The van der Waals surface area contributed by atoms with Crippen molar-refractivity contribution in [2.24, 2.45) is 0 Å². The third-order valence-corrected chi connectivity index (χ3v) is 2.23. The minimum atomic E-state index is 0.0370. The zero-order chi connectivity index (χ0) is 16.8. The number of rotatable bonds is 8. The van der Waals surface area contributed by atoms with Gasteiger partial charge in [0.1, 0.15) is 5.78 Å². The lowest BCUT2D eigenvalue weighted by Crippen LogP contribution is -2.31. The van der Waals surface area contributed by atoms with Crippen molar-refractivity contribution in [3.63, 3.8) is 0 Å². The topological polar surface area (TPSA) is 29.1 Å². The number of hydrogen-bond donors (Lipinski definition) is 1. The predicted octanol–water partition coefficient (Wildman–Crippen LogP) is 5.54. The van der Waals surface area contributed by atoms with Crippen LogP contribution in [0.4, 0.5) is 0 Å². The van der Waals surface area contributed by atoms with E-state index in [1.54, 1.807) is 6.92 Å². The summed E-state index contributed by atoms with van der Waals surface area (Å²) in [6.45, 7) is 18.9. The van der Waals surface area contributed by atoms with Crippen molar-refractivity contribution in [2.45, 2.75) is 79.7 Å². The third kappa shape index (κ3) is 30.3. The number of Topliss-reactive ketones (excluding diaryl/α,β-unsaturated/α-hetero) is 1. The highest BCUT2D eigenvalue weighted by Crippen LogP contribution is 2.01. The van der Waals surface area contributed by atoms with Crippen molar-refractivity contribution in [1.82, 2.24) is 5.32 Å². The highest BCUT2D eigenvalue weighted by molar-refractivity contribution is 5.81. The Bertz CT molecular complexity index is 188. The van der Waals surface area contributed by atoms with Gasteiger partial charge in [-0.2, -0.15) is 0 Å². The molecule has 2 nitrogen and oxygen atoms in total. The number of ketones is 1. The van der Waals surface area contributed by atoms with Gasteiger partial charge < -0.3 is 5.32 Å². The van der Waals surface area contributed by atoms with E-state index in [0.29, 0.717) is 0 Å². The maximum atomic E-state index is 10.9. The van der Waals surface area contributed by atoms with Gasteiger partial charge in [-0.3, -0.25) is 4.79 Å².